The van der Waals surface area contributed by atoms with E-state index >= 15 is 0 Å². The molecule has 0 radical (unpaired) electrons. The van der Waals surface area contributed by atoms with E-state index in [2.05, 4.69) is 18.7 Å². The lowest BCUT2D eigenvalue weighted by Gasteiger charge is -2.21. The molecule has 2 N–H and O–H groups in total. The molecule has 0 spiro atoms. The van der Waals surface area contributed by atoms with E-state index in [9.17, 15) is 10.2 Å². The summed E-state index contributed by atoms with van der Waals surface area (Å²) in [6.07, 6.45) is 4.54. The Labute approximate surface area is 133 Å². The third kappa shape index (κ3) is 7.01. The molecular weight excluding hydrogens is 353 g/mol. The first-order valence-corrected chi connectivity index (χ1v) is 6.90. The van der Waals surface area contributed by atoms with Crippen LogP contribution in [-0.4, -0.2) is 34.7 Å². The molecule has 0 aliphatic carbocycles. The summed E-state index contributed by atoms with van der Waals surface area (Å²) < 4.78 is 0. The molecule has 0 amide bonds. The maximum absolute atomic E-state index is 9.45. The van der Waals surface area contributed by atoms with E-state index in [1.807, 2.05) is 6.07 Å². The zero-order valence-electron chi connectivity index (χ0n) is 11.9. The first-order valence-electron chi connectivity index (χ1n) is 6.90. The highest BCUT2D eigenvalue weighted by molar-refractivity contribution is 14.0. The summed E-state index contributed by atoms with van der Waals surface area (Å²) in [5.74, 6) is -0.0711. The number of nitrogens with zero attached hydrogens (tertiary/aromatic N) is 1. The van der Waals surface area contributed by atoms with Gasteiger partial charge in [-0.2, -0.15) is 0 Å². The van der Waals surface area contributed by atoms with E-state index in [1.165, 1.54) is 19.3 Å². The largest absolute Gasteiger partial charge is 0.504 e. The minimum absolute atomic E-state index is 0. The number of hydrogen-bond acceptors (Lipinski definition) is 3. The third-order valence-electron chi connectivity index (χ3n) is 3.12. The van der Waals surface area contributed by atoms with Gasteiger partial charge in [-0.05, 0) is 50.0 Å². The molecule has 0 saturated carbocycles. The molecule has 1 rings (SSSR count). The van der Waals surface area contributed by atoms with Crippen molar-refractivity contribution in [3.8, 4) is 11.5 Å². The topological polar surface area (TPSA) is 43.7 Å². The summed E-state index contributed by atoms with van der Waals surface area (Å²) in [7, 11) is 0. The van der Waals surface area contributed by atoms with Crippen molar-refractivity contribution in [3.63, 3.8) is 0 Å². The minimum Gasteiger partial charge on any atom is -0.504 e. The molecule has 1 aromatic rings. The molecule has 0 saturated heterocycles. The van der Waals surface area contributed by atoms with Crippen molar-refractivity contribution in [2.24, 2.45) is 0 Å². The van der Waals surface area contributed by atoms with Crippen molar-refractivity contribution >= 4 is 24.0 Å². The quantitative estimate of drug-likeness (QED) is 0.534. The van der Waals surface area contributed by atoms with Crippen LogP contribution in [0, 0.1) is 0 Å². The molecule has 4 heteroatoms. The second-order valence-corrected chi connectivity index (χ2v) is 4.77. The number of phenols is 2. The molecule has 110 valence electrons. The Bertz CT molecular complexity index is 358. The Morgan fingerprint density at radius 1 is 0.947 bits per heavy atom. The monoisotopic (exact) mass is 379 g/mol. The van der Waals surface area contributed by atoms with Gasteiger partial charge < -0.3 is 15.1 Å². The molecule has 0 atom stereocenters. The second-order valence-electron chi connectivity index (χ2n) is 4.77. The molecule has 0 aliphatic rings. The van der Waals surface area contributed by atoms with E-state index in [0.29, 0.717) is 0 Å². The molecule has 0 aromatic heterocycles. The van der Waals surface area contributed by atoms with Crippen LogP contribution in [0.4, 0.5) is 0 Å². The zero-order chi connectivity index (χ0) is 13.4. The van der Waals surface area contributed by atoms with Gasteiger partial charge in [-0.1, -0.05) is 26.3 Å². The highest BCUT2D eigenvalue weighted by atomic mass is 127. The van der Waals surface area contributed by atoms with Crippen molar-refractivity contribution in [1.82, 2.24) is 4.90 Å². The highest BCUT2D eigenvalue weighted by Gasteiger charge is 2.05. The summed E-state index contributed by atoms with van der Waals surface area (Å²) >= 11 is 0. The van der Waals surface area contributed by atoms with Gasteiger partial charge in [-0.15, -0.1) is 24.0 Å². The van der Waals surface area contributed by atoms with Crippen molar-refractivity contribution in [3.05, 3.63) is 23.8 Å². The molecule has 19 heavy (non-hydrogen) atoms. The number of halogens is 1. The molecule has 0 heterocycles. The van der Waals surface area contributed by atoms with Crippen LogP contribution in [0.5, 0.6) is 11.5 Å². The van der Waals surface area contributed by atoms with Crippen LogP contribution < -0.4 is 0 Å². The van der Waals surface area contributed by atoms with E-state index in [-0.39, 0.29) is 35.5 Å². The highest BCUT2D eigenvalue weighted by Crippen LogP contribution is 2.25. The molecule has 0 aliphatic heterocycles. The first-order chi connectivity index (χ1) is 8.67. The average Bonchev–Trinajstić information content (AvgIpc) is 2.37. The van der Waals surface area contributed by atoms with Gasteiger partial charge in [-0.25, -0.2) is 0 Å². The number of hydrogen-bond donors (Lipinski definition) is 2. The normalized spacial score (nSPS) is 10.5. The summed E-state index contributed by atoms with van der Waals surface area (Å²) in [6, 6.07) is 5.08. The number of rotatable bonds is 8. The number of benzene rings is 1. The maximum Gasteiger partial charge on any atom is 0.157 e. The van der Waals surface area contributed by atoms with Gasteiger partial charge >= 0.3 is 0 Å². The Morgan fingerprint density at radius 2 is 1.68 bits per heavy atom. The molecule has 1 aromatic carbocycles. The predicted molar refractivity (Wildman–Crippen MR) is 90.5 cm³/mol. The zero-order valence-corrected chi connectivity index (χ0v) is 14.3. The van der Waals surface area contributed by atoms with Crippen molar-refractivity contribution in [2.45, 2.75) is 39.5 Å². The number of unbranched alkanes of at least 4 members (excludes halogenated alkanes) is 1. The van der Waals surface area contributed by atoms with Crippen molar-refractivity contribution in [2.75, 3.05) is 19.6 Å². The van der Waals surface area contributed by atoms with E-state index in [0.717, 1.165) is 31.6 Å². The van der Waals surface area contributed by atoms with Crippen LogP contribution in [0.2, 0.25) is 0 Å². The Hall–Kier alpha value is -0.490. The van der Waals surface area contributed by atoms with Gasteiger partial charge in [0.1, 0.15) is 0 Å². The molecule has 0 bridgehead atoms. The van der Waals surface area contributed by atoms with E-state index in [1.54, 1.807) is 12.1 Å². The van der Waals surface area contributed by atoms with Gasteiger partial charge in [-0.3, -0.25) is 0 Å². The van der Waals surface area contributed by atoms with Gasteiger partial charge in [0.2, 0.25) is 0 Å². The Morgan fingerprint density at radius 3 is 2.26 bits per heavy atom. The Kier molecular flexibility index (Phi) is 10.0. The summed E-state index contributed by atoms with van der Waals surface area (Å²) in [5, 5.41) is 18.7. The summed E-state index contributed by atoms with van der Waals surface area (Å²) in [4.78, 5) is 2.47. The minimum atomic E-state index is -0.0462. The second kappa shape index (κ2) is 10.3. The predicted octanol–water partition coefficient (Wildman–Crippen LogP) is 3.77. The van der Waals surface area contributed by atoms with Gasteiger partial charge in [0.15, 0.2) is 11.5 Å². The number of phenolic OH excluding ortho intramolecular Hbond substituents is 2. The van der Waals surface area contributed by atoms with Crippen LogP contribution in [0.3, 0.4) is 0 Å². The van der Waals surface area contributed by atoms with Gasteiger partial charge in [0.25, 0.3) is 0 Å². The van der Waals surface area contributed by atoms with Gasteiger partial charge in [0.05, 0.1) is 0 Å². The summed E-state index contributed by atoms with van der Waals surface area (Å²) in [6.45, 7) is 7.70. The third-order valence-corrected chi connectivity index (χ3v) is 3.12. The van der Waals surface area contributed by atoms with Crippen LogP contribution in [0.1, 0.15) is 38.7 Å². The fourth-order valence-corrected chi connectivity index (χ4v) is 2.05. The van der Waals surface area contributed by atoms with E-state index < -0.39 is 0 Å². The SMILES string of the molecule is CCCCN(CCC)CCc1ccc(O)c(O)c1.I. The van der Waals surface area contributed by atoms with Gasteiger partial charge in [0, 0.05) is 6.54 Å². The lowest BCUT2D eigenvalue weighted by atomic mass is 10.1. The Balaban J connectivity index is 0.00000324. The fourth-order valence-electron chi connectivity index (χ4n) is 2.05. The summed E-state index contributed by atoms with van der Waals surface area (Å²) in [5.41, 5.74) is 1.07. The standard InChI is InChI=1S/C15H25NO2.HI/c1-3-5-10-16(9-4-2)11-8-13-6-7-14(17)15(18)12-13;/h6-7,12,17-18H,3-5,8-11H2,1-2H3;1H. The van der Waals surface area contributed by atoms with Crippen molar-refractivity contribution < 1.29 is 10.2 Å². The van der Waals surface area contributed by atoms with Crippen molar-refractivity contribution in [1.29, 1.82) is 0 Å². The lowest BCUT2D eigenvalue weighted by molar-refractivity contribution is 0.273. The number of aromatic hydroxyl groups is 2. The molecule has 0 fully saturated rings. The van der Waals surface area contributed by atoms with Crippen LogP contribution in [0.15, 0.2) is 18.2 Å². The molecule has 3 nitrogen and oxygen atoms in total. The smallest absolute Gasteiger partial charge is 0.157 e. The first kappa shape index (κ1) is 18.5. The van der Waals surface area contributed by atoms with E-state index in [4.69, 9.17) is 0 Å². The lowest BCUT2D eigenvalue weighted by Crippen LogP contribution is -2.28. The fraction of sp³-hybridized carbons (Fsp3) is 0.600. The molecular formula is C15H26INO2. The maximum atomic E-state index is 9.45. The molecule has 0 unspecified atom stereocenters. The average molecular weight is 379 g/mol. The van der Waals surface area contributed by atoms with Crippen LogP contribution in [0.25, 0.3) is 0 Å². The van der Waals surface area contributed by atoms with Crippen LogP contribution >= 0.6 is 24.0 Å². The van der Waals surface area contributed by atoms with Crippen LogP contribution in [-0.2, 0) is 6.42 Å².